The van der Waals surface area contributed by atoms with Gasteiger partial charge in [0.25, 0.3) is 0 Å². The van der Waals surface area contributed by atoms with Crippen molar-refractivity contribution in [3.05, 3.63) is 35.4 Å². The van der Waals surface area contributed by atoms with Crippen LogP contribution in [0.25, 0.3) is 0 Å². The minimum absolute atomic E-state index is 0.805. The van der Waals surface area contributed by atoms with Gasteiger partial charge in [0.1, 0.15) is 0 Å². The SMILES string of the molecule is NCC1C2Cc3ccccc3C12. The summed E-state index contributed by atoms with van der Waals surface area (Å²) in [5.74, 6) is 2.53. The predicted molar refractivity (Wildman–Crippen MR) is 48.9 cm³/mol. The molecular weight excluding hydrogens is 146 g/mol. The van der Waals surface area contributed by atoms with Crippen LogP contribution >= 0.6 is 0 Å². The van der Waals surface area contributed by atoms with Gasteiger partial charge < -0.3 is 5.73 Å². The minimum atomic E-state index is 0.805. The second kappa shape index (κ2) is 2.11. The third-order valence-electron chi connectivity index (χ3n) is 3.47. The maximum absolute atomic E-state index is 5.68. The summed E-state index contributed by atoms with van der Waals surface area (Å²) in [4.78, 5) is 0. The first-order chi connectivity index (χ1) is 5.92. The van der Waals surface area contributed by atoms with Gasteiger partial charge in [-0.2, -0.15) is 0 Å². The molecule has 0 bridgehead atoms. The topological polar surface area (TPSA) is 26.0 Å². The second-order valence-corrected chi connectivity index (χ2v) is 3.99. The molecule has 3 atom stereocenters. The van der Waals surface area contributed by atoms with Crippen molar-refractivity contribution in [1.82, 2.24) is 0 Å². The van der Waals surface area contributed by atoms with E-state index >= 15 is 0 Å². The lowest BCUT2D eigenvalue weighted by Gasteiger charge is -2.04. The van der Waals surface area contributed by atoms with E-state index in [1.807, 2.05) is 0 Å². The van der Waals surface area contributed by atoms with Crippen LogP contribution in [0.2, 0.25) is 0 Å². The van der Waals surface area contributed by atoms with Crippen LogP contribution in [-0.2, 0) is 6.42 Å². The van der Waals surface area contributed by atoms with Gasteiger partial charge in [0.05, 0.1) is 0 Å². The predicted octanol–water partition coefficient (Wildman–Crippen LogP) is 1.53. The zero-order valence-electron chi connectivity index (χ0n) is 7.03. The molecule has 12 heavy (non-hydrogen) atoms. The van der Waals surface area contributed by atoms with Crippen molar-refractivity contribution in [2.24, 2.45) is 17.6 Å². The second-order valence-electron chi connectivity index (χ2n) is 3.99. The highest BCUT2D eigenvalue weighted by atomic mass is 14.7. The van der Waals surface area contributed by atoms with Crippen molar-refractivity contribution in [3.63, 3.8) is 0 Å². The van der Waals surface area contributed by atoms with Crippen LogP contribution in [0.3, 0.4) is 0 Å². The Kier molecular flexibility index (Phi) is 1.17. The largest absolute Gasteiger partial charge is 0.330 e. The number of nitrogens with two attached hydrogens (primary N) is 1. The molecular formula is C11H13N. The first-order valence-electron chi connectivity index (χ1n) is 4.69. The van der Waals surface area contributed by atoms with Crippen LogP contribution in [0.15, 0.2) is 24.3 Å². The summed E-state index contributed by atoms with van der Waals surface area (Å²) >= 11 is 0. The Bertz CT molecular complexity index is 319. The molecule has 3 rings (SSSR count). The summed E-state index contributed by atoms with van der Waals surface area (Å²) in [7, 11) is 0. The Hall–Kier alpha value is -0.820. The van der Waals surface area contributed by atoms with E-state index < -0.39 is 0 Å². The maximum atomic E-state index is 5.68. The van der Waals surface area contributed by atoms with Gasteiger partial charge in [-0.15, -0.1) is 0 Å². The summed E-state index contributed by atoms with van der Waals surface area (Å²) in [6.07, 6.45) is 1.28. The molecule has 1 fully saturated rings. The molecule has 2 aliphatic carbocycles. The number of benzene rings is 1. The minimum Gasteiger partial charge on any atom is -0.330 e. The van der Waals surface area contributed by atoms with Crippen LogP contribution in [0.1, 0.15) is 17.0 Å². The number of fused-ring (bicyclic) bond motifs is 3. The van der Waals surface area contributed by atoms with Crippen molar-refractivity contribution >= 4 is 0 Å². The Labute approximate surface area is 72.6 Å². The zero-order chi connectivity index (χ0) is 8.13. The highest BCUT2D eigenvalue weighted by Crippen LogP contribution is 2.60. The van der Waals surface area contributed by atoms with Gasteiger partial charge in [0.15, 0.2) is 0 Å². The van der Waals surface area contributed by atoms with E-state index in [4.69, 9.17) is 5.73 Å². The third kappa shape index (κ3) is 0.674. The summed E-state index contributed by atoms with van der Waals surface area (Å²) in [6.45, 7) is 0.879. The van der Waals surface area contributed by atoms with Crippen LogP contribution in [0, 0.1) is 11.8 Å². The molecule has 0 amide bonds. The fourth-order valence-electron chi connectivity index (χ4n) is 2.81. The number of hydrogen-bond donors (Lipinski definition) is 1. The fourth-order valence-corrected chi connectivity index (χ4v) is 2.81. The quantitative estimate of drug-likeness (QED) is 0.660. The maximum Gasteiger partial charge on any atom is -0.00399 e. The van der Waals surface area contributed by atoms with E-state index in [9.17, 15) is 0 Å². The summed E-state index contributed by atoms with van der Waals surface area (Å²) in [5, 5.41) is 0. The highest BCUT2D eigenvalue weighted by Gasteiger charge is 2.54. The van der Waals surface area contributed by atoms with Crippen molar-refractivity contribution in [1.29, 1.82) is 0 Å². The fraction of sp³-hybridized carbons (Fsp3) is 0.455. The lowest BCUT2D eigenvalue weighted by atomic mass is 10.0. The van der Waals surface area contributed by atoms with Crippen molar-refractivity contribution in [3.8, 4) is 0 Å². The molecule has 0 spiro atoms. The summed E-state index contributed by atoms with van der Waals surface area (Å²) in [5.41, 5.74) is 8.83. The van der Waals surface area contributed by atoms with Gasteiger partial charge in [-0.05, 0) is 41.8 Å². The van der Waals surface area contributed by atoms with Gasteiger partial charge in [-0.25, -0.2) is 0 Å². The molecule has 0 aromatic heterocycles. The van der Waals surface area contributed by atoms with E-state index in [-0.39, 0.29) is 0 Å². The molecule has 1 aromatic rings. The molecule has 1 nitrogen and oxygen atoms in total. The van der Waals surface area contributed by atoms with Gasteiger partial charge >= 0.3 is 0 Å². The van der Waals surface area contributed by atoms with E-state index in [1.165, 1.54) is 6.42 Å². The Morgan fingerprint density at radius 2 is 2.17 bits per heavy atom. The van der Waals surface area contributed by atoms with E-state index in [0.29, 0.717) is 0 Å². The van der Waals surface area contributed by atoms with Gasteiger partial charge in [-0.1, -0.05) is 24.3 Å². The van der Waals surface area contributed by atoms with Gasteiger partial charge in [-0.3, -0.25) is 0 Å². The van der Waals surface area contributed by atoms with E-state index in [1.54, 1.807) is 11.1 Å². The monoisotopic (exact) mass is 159 g/mol. The first-order valence-corrected chi connectivity index (χ1v) is 4.69. The standard InChI is InChI=1S/C11H13N/c12-6-10-9-5-7-3-1-2-4-8(7)11(9)10/h1-4,9-11H,5-6,12H2. The average Bonchev–Trinajstić information content (AvgIpc) is 2.68. The molecule has 1 aromatic carbocycles. The van der Waals surface area contributed by atoms with Gasteiger partial charge in [0, 0.05) is 0 Å². The van der Waals surface area contributed by atoms with E-state index in [2.05, 4.69) is 24.3 Å². The van der Waals surface area contributed by atoms with Crippen molar-refractivity contribution in [2.45, 2.75) is 12.3 Å². The van der Waals surface area contributed by atoms with Crippen molar-refractivity contribution in [2.75, 3.05) is 6.54 Å². The average molecular weight is 159 g/mol. The lowest BCUT2D eigenvalue weighted by Crippen LogP contribution is -2.06. The molecule has 3 unspecified atom stereocenters. The van der Waals surface area contributed by atoms with Crippen molar-refractivity contribution < 1.29 is 0 Å². The normalized spacial score (nSPS) is 35.9. The summed E-state index contributed by atoms with van der Waals surface area (Å²) in [6, 6.07) is 8.82. The molecule has 2 aliphatic rings. The molecule has 0 heterocycles. The smallest absolute Gasteiger partial charge is 0.00399 e. The highest BCUT2D eigenvalue weighted by molar-refractivity contribution is 5.43. The van der Waals surface area contributed by atoms with Crippen LogP contribution < -0.4 is 5.73 Å². The number of hydrogen-bond acceptors (Lipinski definition) is 1. The molecule has 1 saturated carbocycles. The first kappa shape index (κ1) is 6.67. The Balaban J connectivity index is 2.00. The number of rotatable bonds is 1. The van der Waals surface area contributed by atoms with Crippen LogP contribution in [-0.4, -0.2) is 6.54 Å². The molecule has 1 heteroatoms. The van der Waals surface area contributed by atoms with Gasteiger partial charge in [0.2, 0.25) is 0 Å². The third-order valence-corrected chi connectivity index (χ3v) is 3.47. The Morgan fingerprint density at radius 1 is 1.33 bits per heavy atom. The van der Waals surface area contributed by atoms with Crippen LogP contribution in [0.5, 0.6) is 0 Å². The molecule has 2 N–H and O–H groups in total. The molecule has 0 radical (unpaired) electrons. The lowest BCUT2D eigenvalue weighted by molar-refractivity contribution is 0.701. The molecule has 62 valence electrons. The molecule has 0 saturated heterocycles. The zero-order valence-corrected chi connectivity index (χ0v) is 7.03. The Morgan fingerprint density at radius 3 is 3.00 bits per heavy atom. The van der Waals surface area contributed by atoms with Crippen LogP contribution in [0.4, 0.5) is 0 Å². The summed E-state index contributed by atoms with van der Waals surface area (Å²) < 4.78 is 0. The van der Waals surface area contributed by atoms with E-state index in [0.717, 1.165) is 24.3 Å². The molecule has 0 aliphatic heterocycles.